The second-order valence-corrected chi connectivity index (χ2v) is 6.53. The van der Waals surface area contributed by atoms with E-state index < -0.39 is 0 Å². The van der Waals surface area contributed by atoms with E-state index in [1.54, 1.807) is 6.07 Å². The lowest BCUT2D eigenvalue weighted by Gasteiger charge is -2.37. The van der Waals surface area contributed by atoms with Crippen LogP contribution in [0.1, 0.15) is 19.4 Å². The molecule has 1 aliphatic rings. The summed E-state index contributed by atoms with van der Waals surface area (Å²) in [5.41, 5.74) is 0.889. The molecule has 0 saturated carbocycles. The van der Waals surface area contributed by atoms with Gasteiger partial charge in [-0.05, 0) is 48.6 Å². The molecule has 1 saturated heterocycles. The van der Waals surface area contributed by atoms with Crippen molar-refractivity contribution in [2.24, 2.45) is 0 Å². The molecule has 1 aromatic carbocycles. The number of hydrogen-bond acceptors (Lipinski definition) is 4. The van der Waals surface area contributed by atoms with Crippen LogP contribution in [0.15, 0.2) is 12.1 Å². The van der Waals surface area contributed by atoms with Crippen molar-refractivity contribution in [1.82, 2.24) is 4.90 Å². The van der Waals surface area contributed by atoms with Gasteiger partial charge in [0.25, 0.3) is 0 Å². The van der Waals surface area contributed by atoms with Crippen LogP contribution in [0.5, 0.6) is 11.5 Å². The fourth-order valence-corrected chi connectivity index (χ4v) is 3.25. The highest BCUT2D eigenvalue weighted by molar-refractivity contribution is 14.1. The number of aromatic hydroxyl groups is 1. The summed E-state index contributed by atoms with van der Waals surface area (Å²) in [6, 6.07) is 3.66. The number of ether oxygens (including phenoxy) is 2. The number of methoxy groups -OCH3 is 1. The standard InChI is InChI=1S/C14H18INO3S/c1-8-6-16(7-9(2)19-8)14(20)10-4-11(15)13(17)12(5-10)18-3/h4-5,8-9,17H,6-7H2,1-3H3/t8-,9-/m1/s1. The van der Waals surface area contributed by atoms with Gasteiger partial charge >= 0.3 is 0 Å². The number of rotatable bonds is 2. The minimum atomic E-state index is 0.156. The zero-order valence-corrected chi connectivity index (χ0v) is 14.7. The van der Waals surface area contributed by atoms with Gasteiger partial charge in [0.1, 0.15) is 4.99 Å². The maximum Gasteiger partial charge on any atom is 0.171 e. The predicted octanol–water partition coefficient (Wildman–Crippen LogP) is 2.79. The first-order valence-electron chi connectivity index (χ1n) is 6.43. The van der Waals surface area contributed by atoms with Gasteiger partial charge in [0, 0.05) is 18.7 Å². The quantitative estimate of drug-likeness (QED) is 0.604. The number of halogens is 1. The van der Waals surface area contributed by atoms with Crippen LogP contribution >= 0.6 is 34.8 Å². The SMILES string of the molecule is COc1cc(C(=S)N2C[C@@H](C)O[C@H](C)C2)cc(I)c1O. The van der Waals surface area contributed by atoms with Crippen molar-refractivity contribution < 1.29 is 14.6 Å². The number of morpholine rings is 1. The largest absolute Gasteiger partial charge is 0.504 e. The van der Waals surface area contributed by atoms with E-state index in [0.29, 0.717) is 5.75 Å². The summed E-state index contributed by atoms with van der Waals surface area (Å²) in [6.45, 7) is 5.66. The lowest BCUT2D eigenvalue weighted by atomic mass is 10.1. The van der Waals surface area contributed by atoms with E-state index in [-0.39, 0.29) is 18.0 Å². The Kier molecular flexibility index (Phi) is 5.09. The lowest BCUT2D eigenvalue weighted by Crippen LogP contribution is -2.47. The van der Waals surface area contributed by atoms with E-state index in [1.165, 1.54) is 7.11 Å². The molecular weight excluding hydrogens is 389 g/mol. The van der Waals surface area contributed by atoms with Gasteiger partial charge in [-0.1, -0.05) is 12.2 Å². The molecule has 0 amide bonds. The molecule has 0 unspecified atom stereocenters. The molecule has 2 rings (SSSR count). The normalized spacial score (nSPS) is 22.7. The highest BCUT2D eigenvalue weighted by Gasteiger charge is 2.25. The summed E-state index contributed by atoms with van der Waals surface area (Å²) in [4.78, 5) is 2.92. The van der Waals surface area contributed by atoms with Crippen molar-refractivity contribution in [2.45, 2.75) is 26.1 Å². The number of phenols is 1. The number of phenolic OH excluding ortho intramolecular Hbond substituents is 1. The Morgan fingerprint density at radius 2 is 2.00 bits per heavy atom. The molecular formula is C14H18INO3S. The average molecular weight is 407 g/mol. The van der Waals surface area contributed by atoms with Crippen LogP contribution in [0.4, 0.5) is 0 Å². The van der Waals surface area contributed by atoms with Crippen LogP contribution in [0.25, 0.3) is 0 Å². The van der Waals surface area contributed by atoms with E-state index in [4.69, 9.17) is 21.7 Å². The molecule has 6 heteroatoms. The molecule has 0 spiro atoms. The molecule has 2 atom stereocenters. The monoisotopic (exact) mass is 407 g/mol. The minimum absolute atomic E-state index is 0.156. The van der Waals surface area contributed by atoms with Crippen molar-refractivity contribution in [3.05, 3.63) is 21.3 Å². The van der Waals surface area contributed by atoms with Gasteiger partial charge in [-0.3, -0.25) is 0 Å². The molecule has 20 heavy (non-hydrogen) atoms. The van der Waals surface area contributed by atoms with E-state index in [1.807, 2.05) is 19.9 Å². The van der Waals surface area contributed by atoms with Gasteiger partial charge in [-0.25, -0.2) is 0 Å². The first-order chi connectivity index (χ1) is 9.42. The topological polar surface area (TPSA) is 41.9 Å². The third kappa shape index (κ3) is 3.35. The summed E-state index contributed by atoms with van der Waals surface area (Å²) >= 11 is 7.67. The van der Waals surface area contributed by atoms with E-state index in [9.17, 15) is 5.11 Å². The van der Waals surface area contributed by atoms with Crippen LogP contribution in [0.3, 0.4) is 0 Å². The fourth-order valence-electron chi connectivity index (χ4n) is 2.38. The van der Waals surface area contributed by atoms with Crippen molar-refractivity contribution in [1.29, 1.82) is 0 Å². The van der Waals surface area contributed by atoms with Crippen LogP contribution in [0.2, 0.25) is 0 Å². The Hall–Kier alpha value is -0.600. The highest BCUT2D eigenvalue weighted by Crippen LogP contribution is 2.33. The number of nitrogens with zero attached hydrogens (tertiary/aromatic N) is 1. The highest BCUT2D eigenvalue weighted by atomic mass is 127. The van der Waals surface area contributed by atoms with Gasteiger partial charge in [-0.2, -0.15) is 0 Å². The summed E-state index contributed by atoms with van der Waals surface area (Å²) in [7, 11) is 1.54. The molecule has 1 N–H and O–H groups in total. The van der Waals surface area contributed by atoms with Crippen LogP contribution in [-0.2, 0) is 4.74 Å². The van der Waals surface area contributed by atoms with Crippen molar-refractivity contribution in [3.8, 4) is 11.5 Å². The predicted molar refractivity (Wildman–Crippen MR) is 90.7 cm³/mol. The van der Waals surface area contributed by atoms with Gasteiger partial charge in [0.05, 0.1) is 22.9 Å². The summed E-state index contributed by atoms with van der Waals surface area (Å²) < 4.78 is 11.6. The van der Waals surface area contributed by atoms with Gasteiger partial charge in [-0.15, -0.1) is 0 Å². The lowest BCUT2D eigenvalue weighted by molar-refractivity contribution is -0.0472. The Labute approximate surface area is 138 Å². The first kappa shape index (κ1) is 15.8. The van der Waals surface area contributed by atoms with Gasteiger partial charge < -0.3 is 19.5 Å². The smallest absolute Gasteiger partial charge is 0.171 e. The molecule has 0 aromatic heterocycles. The van der Waals surface area contributed by atoms with Crippen molar-refractivity contribution in [2.75, 3.05) is 20.2 Å². The summed E-state index contributed by atoms with van der Waals surface area (Å²) in [5.74, 6) is 0.604. The van der Waals surface area contributed by atoms with Crippen LogP contribution < -0.4 is 4.74 Å². The van der Waals surface area contributed by atoms with Crippen molar-refractivity contribution >= 4 is 39.8 Å². The molecule has 110 valence electrons. The maximum absolute atomic E-state index is 9.89. The minimum Gasteiger partial charge on any atom is -0.504 e. The van der Waals surface area contributed by atoms with Crippen LogP contribution in [0, 0.1) is 3.57 Å². The molecule has 1 aromatic rings. The zero-order valence-electron chi connectivity index (χ0n) is 11.7. The molecule has 1 aliphatic heterocycles. The van der Waals surface area contributed by atoms with Gasteiger partial charge in [0.15, 0.2) is 11.5 Å². The third-order valence-corrected chi connectivity index (χ3v) is 4.52. The van der Waals surface area contributed by atoms with E-state index in [0.717, 1.165) is 27.2 Å². The van der Waals surface area contributed by atoms with Crippen molar-refractivity contribution in [3.63, 3.8) is 0 Å². The molecule has 0 radical (unpaired) electrons. The second-order valence-electron chi connectivity index (χ2n) is 4.98. The molecule has 1 heterocycles. The van der Waals surface area contributed by atoms with Gasteiger partial charge in [0.2, 0.25) is 0 Å². The molecule has 1 fully saturated rings. The molecule has 4 nitrogen and oxygen atoms in total. The molecule has 0 aliphatic carbocycles. The Balaban J connectivity index is 2.27. The first-order valence-corrected chi connectivity index (χ1v) is 7.92. The Morgan fingerprint density at radius 3 is 2.55 bits per heavy atom. The zero-order chi connectivity index (χ0) is 14.9. The maximum atomic E-state index is 9.89. The number of benzene rings is 1. The third-order valence-electron chi connectivity index (χ3n) is 3.20. The fraction of sp³-hybridized carbons (Fsp3) is 0.500. The molecule has 0 bridgehead atoms. The van der Waals surface area contributed by atoms with E-state index in [2.05, 4.69) is 27.5 Å². The Morgan fingerprint density at radius 1 is 1.40 bits per heavy atom. The Bertz CT molecular complexity index is 513. The number of thiocarbonyl (C=S) groups is 1. The average Bonchev–Trinajstić information content (AvgIpc) is 2.39. The number of hydrogen-bond donors (Lipinski definition) is 1. The summed E-state index contributed by atoms with van der Waals surface area (Å²) in [6.07, 6.45) is 0.324. The summed E-state index contributed by atoms with van der Waals surface area (Å²) in [5, 5.41) is 9.89. The van der Waals surface area contributed by atoms with E-state index >= 15 is 0 Å². The second kappa shape index (κ2) is 6.44. The van der Waals surface area contributed by atoms with Crippen LogP contribution in [-0.4, -0.2) is 47.4 Å².